The monoisotopic (exact) mass is 452 g/mol. The molecule has 0 aromatic rings. The molecule has 3 aliphatic heterocycles. The molecule has 2 amide bonds. The lowest BCUT2D eigenvalue weighted by Crippen LogP contribution is -2.56. The molecule has 7 nitrogen and oxygen atoms in total. The zero-order valence-corrected chi connectivity index (χ0v) is 19.7. The SMILES string of the molecule is C=CCN(C(=O)C1N(CCCO)C(=O)[C@@H]2[C@@H](C(=O)OCC)[C@H]3CCC12S3)C(C)CCC. The fourth-order valence-corrected chi connectivity index (χ4v) is 7.98. The molecule has 0 saturated carbocycles. The van der Waals surface area contributed by atoms with E-state index in [1.807, 2.05) is 11.8 Å². The molecule has 3 saturated heterocycles. The quantitative estimate of drug-likeness (QED) is 0.382. The lowest BCUT2D eigenvalue weighted by molar-refractivity contribution is -0.153. The lowest BCUT2D eigenvalue weighted by Gasteiger charge is -2.39. The van der Waals surface area contributed by atoms with Gasteiger partial charge in [-0.05, 0) is 39.5 Å². The van der Waals surface area contributed by atoms with E-state index in [1.54, 1.807) is 29.7 Å². The Morgan fingerprint density at radius 3 is 2.81 bits per heavy atom. The number of rotatable bonds is 11. The van der Waals surface area contributed by atoms with Crippen molar-refractivity contribution in [2.75, 3.05) is 26.3 Å². The Bertz CT molecular complexity index is 716. The highest BCUT2D eigenvalue weighted by Gasteiger charge is 2.74. The molecule has 174 valence electrons. The van der Waals surface area contributed by atoms with Crippen LogP contribution in [0.1, 0.15) is 52.9 Å². The molecule has 3 heterocycles. The first kappa shape index (κ1) is 24.1. The first-order valence-electron chi connectivity index (χ1n) is 11.5. The number of esters is 1. The summed E-state index contributed by atoms with van der Waals surface area (Å²) in [6.07, 6.45) is 5.51. The molecule has 8 heteroatoms. The molecule has 31 heavy (non-hydrogen) atoms. The molecule has 0 aliphatic carbocycles. The Hall–Kier alpha value is -1.54. The number of amides is 2. The van der Waals surface area contributed by atoms with E-state index in [0.717, 1.165) is 25.7 Å². The van der Waals surface area contributed by atoms with E-state index in [4.69, 9.17) is 4.74 Å². The Morgan fingerprint density at radius 1 is 1.45 bits per heavy atom. The van der Waals surface area contributed by atoms with Crippen LogP contribution in [-0.2, 0) is 19.1 Å². The van der Waals surface area contributed by atoms with Crippen molar-refractivity contribution >= 4 is 29.5 Å². The Morgan fingerprint density at radius 2 is 2.19 bits per heavy atom. The number of likely N-dealkylation sites (tertiary alicyclic amines) is 1. The molecule has 3 rings (SSSR count). The zero-order valence-electron chi connectivity index (χ0n) is 18.9. The van der Waals surface area contributed by atoms with Gasteiger partial charge in [-0.2, -0.15) is 0 Å². The number of hydrogen-bond acceptors (Lipinski definition) is 6. The second-order valence-electron chi connectivity index (χ2n) is 8.83. The molecule has 3 unspecified atom stereocenters. The van der Waals surface area contributed by atoms with Gasteiger partial charge >= 0.3 is 5.97 Å². The number of fused-ring (bicyclic) bond motifs is 1. The summed E-state index contributed by atoms with van der Waals surface area (Å²) >= 11 is 1.65. The van der Waals surface area contributed by atoms with Gasteiger partial charge in [-0.15, -0.1) is 18.3 Å². The maximum absolute atomic E-state index is 14.0. The third kappa shape index (κ3) is 4.01. The van der Waals surface area contributed by atoms with Crippen molar-refractivity contribution in [1.82, 2.24) is 9.80 Å². The summed E-state index contributed by atoms with van der Waals surface area (Å²) in [4.78, 5) is 43.9. The second-order valence-corrected chi connectivity index (χ2v) is 10.4. The van der Waals surface area contributed by atoms with E-state index in [2.05, 4.69) is 13.5 Å². The molecular weight excluding hydrogens is 416 g/mol. The number of nitrogens with zero attached hydrogens (tertiary/aromatic N) is 2. The summed E-state index contributed by atoms with van der Waals surface area (Å²) < 4.78 is 4.73. The largest absolute Gasteiger partial charge is 0.466 e. The van der Waals surface area contributed by atoms with Gasteiger partial charge in [0.2, 0.25) is 11.8 Å². The topological polar surface area (TPSA) is 87.2 Å². The van der Waals surface area contributed by atoms with Crippen LogP contribution >= 0.6 is 11.8 Å². The minimum absolute atomic E-state index is 0.0178. The van der Waals surface area contributed by atoms with E-state index in [0.29, 0.717) is 19.5 Å². The highest BCUT2D eigenvalue weighted by atomic mass is 32.2. The van der Waals surface area contributed by atoms with E-state index >= 15 is 0 Å². The molecule has 0 aromatic carbocycles. The van der Waals surface area contributed by atoms with E-state index in [1.165, 1.54) is 0 Å². The van der Waals surface area contributed by atoms with Crippen molar-refractivity contribution in [2.45, 2.75) is 75.0 Å². The van der Waals surface area contributed by atoms with Gasteiger partial charge in [0.05, 0.1) is 23.2 Å². The van der Waals surface area contributed by atoms with Crippen molar-refractivity contribution in [3.8, 4) is 0 Å². The van der Waals surface area contributed by atoms with Gasteiger partial charge in [0.15, 0.2) is 0 Å². The molecule has 6 atom stereocenters. The maximum atomic E-state index is 14.0. The summed E-state index contributed by atoms with van der Waals surface area (Å²) in [7, 11) is 0. The Kier molecular flexibility index (Phi) is 7.73. The molecule has 1 N–H and O–H groups in total. The second kappa shape index (κ2) is 9.94. The average Bonchev–Trinajstić information content (AvgIpc) is 3.37. The highest BCUT2D eigenvalue weighted by Crippen LogP contribution is 2.66. The van der Waals surface area contributed by atoms with Crippen LogP contribution in [0.5, 0.6) is 0 Å². The van der Waals surface area contributed by atoms with Crippen LogP contribution in [0.25, 0.3) is 0 Å². The molecule has 1 spiro atoms. The van der Waals surface area contributed by atoms with Crippen LogP contribution in [0.15, 0.2) is 12.7 Å². The first-order valence-corrected chi connectivity index (χ1v) is 12.4. The molecule has 2 bridgehead atoms. The summed E-state index contributed by atoms with van der Waals surface area (Å²) in [5.74, 6) is -1.55. The predicted molar refractivity (Wildman–Crippen MR) is 120 cm³/mol. The molecule has 0 aromatic heterocycles. The Labute approximate surface area is 189 Å². The van der Waals surface area contributed by atoms with Gasteiger partial charge in [0.1, 0.15) is 6.04 Å². The van der Waals surface area contributed by atoms with Gasteiger partial charge in [-0.25, -0.2) is 0 Å². The van der Waals surface area contributed by atoms with E-state index < -0.39 is 22.6 Å². The molecule has 3 aliphatic rings. The smallest absolute Gasteiger partial charge is 0.310 e. The van der Waals surface area contributed by atoms with E-state index in [-0.39, 0.29) is 42.3 Å². The van der Waals surface area contributed by atoms with Crippen molar-refractivity contribution < 1.29 is 24.2 Å². The third-order valence-corrected chi connectivity index (χ3v) is 8.95. The number of aliphatic hydroxyl groups is 1. The van der Waals surface area contributed by atoms with Crippen molar-refractivity contribution in [1.29, 1.82) is 0 Å². The standard InChI is InChI=1S/C23H36N2O5S/c1-5-9-15(4)24(12-6-2)21(28)19-23-11-10-16(31-23)17(22(29)30-7-3)18(23)20(27)25(19)13-8-14-26/h6,15-19,26H,2,5,7-14H2,1,3-4H3/t15?,16-,17+,18+,19?,23?/m1/s1. The Balaban J connectivity index is 2.00. The number of carbonyl (C=O) groups excluding carboxylic acids is 3. The maximum Gasteiger partial charge on any atom is 0.310 e. The fraction of sp³-hybridized carbons (Fsp3) is 0.783. The number of thioether (sulfide) groups is 1. The molecular formula is C23H36N2O5S. The number of hydrogen-bond donors (Lipinski definition) is 1. The van der Waals surface area contributed by atoms with Gasteiger partial charge in [0.25, 0.3) is 0 Å². The summed E-state index contributed by atoms with van der Waals surface area (Å²) in [5.41, 5.74) is 0. The van der Waals surface area contributed by atoms with Gasteiger partial charge in [-0.3, -0.25) is 14.4 Å². The third-order valence-electron chi connectivity index (χ3n) is 7.00. The van der Waals surface area contributed by atoms with Gasteiger partial charge < -0.3 is 19.6 Å². The molecule has 0 radical (unpaired) electrons. The predicted octanol–water partition coefficient (Wildman–Crippen LogP) is 2.23. The summed E-state index contributed by atoms with van der Waals surface area (Å²) in [6.45, 7) is 10.7. The van der Waals surface area contributed by atoms with Crippen LogP contribution in [0, 0.1) is 11.8 Å². The molecule has 3 fully saturated rings. The zero-order chi connectivity index (χ0) is 22.8. The summed E-state index contributed by atoms with van der Waals surface area (Å²) in [5, 5.41) is 9.42. The van der Waals surface area contributed by atoms with Crippen molar-refractivity contribution in [3.05, 3.63) is 12.7 Å². The normalized spacial score (nSPS) is 32.1. The highest BCUT2D eigenvalue weighted by molar-refractivity contribution is 8.02. The fourth-order valence-electron chi connectivity index (χ4n) is 5.78. The first-order chi connectivity index (χ1) is 14.9. The minimum atomic E-state index is -0.620. The van der Waals surface area contributed by atoms with Crippen LogP contribution < -0.4 is 0 Å². The minimum Gasteiger partial charge on any atom is -0.466 e. The van der Waals surface area contributed by atoms with Crippen LogP contribution in [-0.4, -0.2) is 81.1 Å². The average molecular weight is 453 g/mol. The van der Waals surface area contributed by atoms with Crippen molar-refractivity contribution in [2.24, 2.45) is 11.8 Å². The number of aliphatic hydroxyl groups excluding tert-OH is 1. The van der Waals surface area contributed by atoms with Crippen LogP contribution in [0.2, 0.25) is 0 Å². The van der Waals surface area contributed by atoms with Crippen molar-refractivity contribution in [3.63, 3.8) is 0 Å². The summed E-state index contributed by atoms with van der Waals surface area (Å²) in [6, 6.07) is -0.588. The van der Waals surface area contributed by atoms with Crippen LogP contribution in [0.4, 0.5) is 0 Å². The van der Waals surface area contributed by atoms with Gasteiger partial charge in [-0.1, -0.05) is 19.4 Å². The lowest BCUT2D eigenvalue weighted by atomic mass is 9.71. The van der Waals surface area contributed by atoms with E-state index in [9.17, 15) is 19.5 Å². The van der Waals surface area contributed by atoms with Crippen LogP contribution in [0.3, 0.4) is 0 Å². The van der Waals surface area contributed by atoms with Gasteiger partial charge in [0, 0.05) is 31.0 Å². The number of carbonyl (C=O) groups is 3. The number of ether oxygens (including phenoxy) is 1.